The molecule has 0 bridgehead atoms. The monoisotopic (exact) mass is 335 g/mol. The molecule has 7 heteroatoms. The van der Waals surface area contributed by atoms with Crippen molar-refractivity contribution in [2.45, 2.75) is 4.90 Å². The summed E-state index contributed by atoms with van der Waals surface area (Å²) >= 11 is 3.10. The lowest BCUT2D eigenvalue weighted by Gasteiger charge is -2.04. The van der Waals surface area contributed by atoms with E-state index in [1.165, 1.54) is 18.2 Å². The van der Waals surface area contributed by atoms with Crippen LogP contribution in [0.1, 0.15) is 10.4 Å². The fourth-order valence-electron chi connectivity index (χ4n) is 1.07. The number of terminal acetylenes is 1. The molecule has 0 aliphatic carbocycles. The van der Waals surface area contributed by atoms with Crippen molar-refractivity contribution >= 4 is 41.6 Å². The third kappa shape index (κ3) is 4.04. The summed E-state index contributed by atoms with van der Waals surface area (Å²) in [6.45, 7) is 0.0638. The van der Waals surface area contributed by atoms with Crippen LogP contribution in [0.3, 0.4) is 0 Å². The maximum atomic E-state index is 11.6. The molecule has 0 heterocycles. The average Bonchev–Trinajstić information content (AvgIpc) is 2.23. The van der Waals surface area contributed by atoms with Gasteiger partial charge < -0.3 is 5.32 Å². The van der Waals surface area contributed by atoms with Crippen LogP contribution in [0, 0.1) is 12.3 Å². The first-order chi connectivity index (χ1) is 7.84. The molecule has 0 saturated carbocycles. The van der Waals surface area contributed by atoms with Crippen LogP contribution in [-0.4, -0.2) is 20.9 Å². The van der Waals surface area contributed by atoms with E-state index < -0.39 is 15.0 Å². The van der Waals surface area contributed by atoms with Crippen LogP contribution in [0.25, 0.3) is 0 Å². The second-order valence-corrected chi connectivity index (χ2v) is 6.48. The van der Waals surface area contributed by atoms with Crippen LogP contribution in [0.5, 0.6) is 0 Å². The first-order valence-electron chi connectivity index (χ1n) is 4.31. The number of amides is 1. The van der Waals surface area contributed by atoms with E-state index in [0.717, 1.165) is 0 Å². The fourth-order valence-corrected chi connectivity index (χ4v) is 2.52. The SMILES string of the molecule is C#CCNC(=O)c1cc(Br)cc(S(=O)(=O)Cl)c1. The molecule has 0 saturated heterocycles. The van der Waals surface area contributed by atoms with Gasteiger partial charge in [-0.3, -0.25) is 4.79 Å². The van der Waals surface area contributed by atoms with E-state index in [1.54, 1.807) is 0 Å². The maximum absolute atomic E-state index is 11.6. The van der Waals surface area contributed by atoms with Gasteiger partial charge in [-0.2, -0.15) is 0 Å². The van der Waals surface area contributed by atoms with Crippen molar-refractivity contribution < 1.29 is 13.2 Å². The van der Waals surface area contributed by atoms with Gasteiger partial charge in [-0.1, -0.05) is 21.9 Å². The normalized spacial score (nSPS) is 10.6. The number of carbonyl (C=O) groups excluding carboxylic acids is 1. The quantitative estimate of drug-likeness (QED) is 0.675. The van der Waals surface area contributed by atoms with Crippen molar-refractivity contribution in [3.63, 3.8) is 0 Å². The van der Waals surface area contributed by atoms with E-state index in [-0.39, 0.29) is 17.0 Å². The number of halogens is 2. The first kappa shape index (κ1) is 14.0. The number of carbonyl (C=O) groups is 1. The predicted octanol–water partition coefficient (Wildman–Crippen LogP) is 1.74. The summed E-state index contributed by atoms with van der Waals surface area (Å²) in [5.41, 5.74) is 0.161. The summed E-state index contributed by atoms with van der Waals surface area (Å²) in [6.07, 6.45) is 4.99. The molecule has 1 aromatic rings. The number of rotatable bonds is 3. The molecule has 4 nitrogen and oxygen atoms in total. The first-order valence-corrected chi connectivity index (χ1v) is 7.42. The molecule has 17 heavy (non-hydrogen) atoms. The molecule has 0 radical (unpaired) electrons. The number of benzene rings is 1. The Kier molecular flexibility index (Phi) is 4.57. The van der Waals surface area contributed by atoms with E-state index in [1.807, 2.05) is 0 Å². The Balaban J connectivity index is 3.15. The van der Waals surface area contributed by atoms with Crippen LogP contribution >= 0.6 is 26.6 Å². The zero-order chi connectivity index (χ0) is 13.1. The van der Waals surface area contributed by atoms with E-state index >= 15 is 0 Å². The molecule has 90 valence electrons. The minimum Gasteiger partial charge on any atom is -0.341 e. The minimum atomic E-state index is -3.88. The summed E-state index contributed by atoms with van der Waals surface area (Å²) < 4.78 is 22.7. The third-order valence-electron chi connectivity index (χ3n) is 1.77. The smallest absolute Gasteiger partial charge is 0.261 e. The van der Waals surface area contributed by atoms with Gasteiger partial charge in [0.15, 0.2) is 0 Å². The Hall–Kier alpha value is -1.03. The molecule has 0 aliphatic heterocycles. The highest BCUT2D eigenvalue weighted by Crippen LogP contribution is 2.22. The van der Waals surface area contributed by atoms with Gasteiger partial charge in [0.05, 0.1) is 11.4 Å². The van der Waals surface area contributed by atoms with Crippen molar-refractivity contribution in [2.24, 2.45) is 0 Å². The van der Waals surface area contributed by atoms with Crippen LogP contribution in [-0.2, 0) is 9.05 Å². The molecule has 1 rings (SSSR count). The molecule has 0 spiro atoms. The molecule has 0 unspecified atom stereocenters. The topological polar surface area (TPSA) is 63.2 Å². The number of hydrogen-bond donors (Lipinski definition) is 1. The standard InChI is InChI=1S/C10H7BrClNO3S/c1-2-3-13-10(14)7-4-8(11)6-9(5-7)17(12,15)16/h1,4-6H,3H2,(H,13,14). The average molecular weight is 337 g/mol. The van der Waals surface area contributed by atoms with Gasteiger partial charge in [0.2, 0.25) is 0 Å². The Labute approximate surface area is 112 Å². The van der Waals surface area contributed by atoms with E-state index in [2.05, 4.69) is 27.2 Å². The van der Waals surface area contributed by atoms with Gasteiger partial charge in [-0.15, -0.1) is 6.42 Å². The summed E-state index contributed by atoms with van der Waals surface area (Å²) in [6, 6.07) is 3.96. The predicted molar refractivity (Wildman–Crippen MR) is 68.3 cm³/mol. The summed E-state index contributed by atoms with van der Waals surface area (Å²) in [4.78, 5) is 11.4. The van der Waals surface area contributed by atoms with E-state index in [0.29, 0.717) is 4.47 Å². The minimum absolute atomic E-state index is 0.0638. The molecular formula is C10H7BrClNO3S. The molecule has 1 aromatic carbocycles. The van der Waals surface area contributed by atoms with Crippen LogP contribution in [0.15, 0.2) is 27.6 Å². The van der Waals surface area contributed by atoms with Gasteiger partial charge >= 0.3 is 0 Å². The number of nitrogens with one attached hydrogen (secondary N) is 1. The van der Waals surface area contributed by atoms with Crippen LogP contribution < -0.4 is 5.32 Å². The highest BCUT2D eigenvalue weighted by Gasteiger charge is 2.14. The molecule has 1 amide bonds. The molecule has 0 aromatic heterocycles. The van der Waals surface area contributed by atoms with Crippen molar-refractivity contribution in [3.8, 4) is 12.3 Å². The van der Waals surface area contributed by atoms with Gasteiger partial charge in [-0.25, -0.2) is 8.42 Å². The zero-order valence-corrected chi connectivity index (χ0v) is 11.6. The summed E-state index contributed by atoms with van der Waals surface area (Å²) in [5.74, 6) is 1.77. The van der Waals surface area contributed by atoms with Gasteiger partial charge in [0.1, 0.15) is 0 Å². The lowest BCUT2D eigenvalue weighted by Crippen LogP contribution is -2.23. The number of hydrogen-bond acceptors (Lipinski definition) is 3. The fraction of sp³-hybridized carbons (Fsp3) is 0.100. The molecule has 1 N–H and O–H groups in total. The van der Waals surface area contributed by atoms with Crippen molar-refractivity contribution in [1.29, 1.82) is 0 Å². The van der Waals surface area contributed by atoms with Gasteiger partial charge in [-0.05, 0) is 18.2 Å². The summed E-state index contributed by atoms with van der Waals surface area (Å²) in [7, 11) is 1.32. The lowest BCUT2D eigenvalue weighted by molar-refractivity contribution is 0.0958. The third-order valence-corrected chi connectivity index (χ3v) is 3.56. The Morgan fingerprint density at radius 2 is 2.12 bits per heavy atom. The second kappa shape index (κ2) is 5.54. The Morgan fingerprint density at radius 1 is 1.47 bits per heavy atom. The van der Waals surface area contributed by atoms with Crippen LogP contribution in [0.2, 0.25) is 0 Å². The highest BCUT2D eigenvalue weighted by molar-refractivity contribution is 9.10. The molecule has 0 fully saturated rings. The van der Waals surface area contributed by atoms with Gasteiger partial charge in [0.25, 0.3) is 15.0 Å². The molecule has 0 aliphatic rings. The van der Waals surface area contributed by atoms with Gasteiger partial charge in [0, 0.05) is 20.7 Å². The van der Waals surface area contributed by atoms with Crippen molar-refractivity contribution in [2.75, 3.05) is 6.54 Å². The van der Waals surface area contributed by atoms with Crippen molar-refractivity contribution in [1.82, 2.24) is 5.32 Å². The van der Waals surface area contributed by atoms with Crippen molar-refractivity contribution in [3.05, 3.63) is 28.2 Å². The largest absolute Gasteiger partial charge is 0.341 e. The maximum Gasteiger partial charge on any atom is 0.261 e. The van der Waals surface area contributed by atoms with E-state index in [4.69, 9.17) is 17.1 Å². The highest BCUT2D eigenvalue weighted by atomic mass is 79.9. The Bertz CT molecular complexity index is 592. The molecular weight excluding hydrogens is 330 g/mol. The zero-order valence-electron chi connectivity index (χ0n) is 8.41. The van der Waals surface area contributed by atoms with Crippen LogP contribution in [0.4, 0.5) is 0 Å². The van der Waals surface area contributed by atoms with E-state index in [9.17, 15) is 13.2 Å². The second-order valence-electron chi connectivity index (χ2n) is 3.00. The Morgan fingerprint density at radius 3 is 2.65 bits per heavy atom. The lowest BCUT2D eigenvalue weighted by atomic mass is 10.2. The summed E-state index contributed by atoms with van der Waals surface area (Å²) in [5, 5.41) is 2.42. The molecule has 0 atom stereocenters.